The number of hydrogen-bond acceptors (Lipinski definition) is 4. The smallest absolute Gasteiger partial charge is 0.214 e. The molecule has 0 fully saturated rings. The minimum absolute atomic E-state index is 0. The molecule has 0 radical (unpaired) electrons. The number of thioether (sulfide) groups is 1. The second-order valence-corrected chi connectivity index (χ2v) is 6.24. The van der Waals surface area contributed by atoms with E-state index in [1.54, 1.807) is 24.9 Å². The molecule has 2 N–H and O–H groups in total. The van der Waals surface area contributed by atoms with Crippen LogP contribution in [0.1, 0.15) is 28.5 Å². The maximum absolute atomic E-state index is 13.4. The number of hydrogen-bond donors (Lipinski definition) is 2. The number of oxazole rings is 1. The first kappa shape index (κ1) is 21.8. The molecule has 1 heterocycles. The van der Waals surface area contributed by atoms with Gasteiger partial charge in [-0.1, -0.05) is 6.07 Å². The van der Waals surface area contributed by atoms with Crippen LogP contribution in [-0.2, 0) is 18.8 Å². The lowest BCUT2D eigenvalue weighted by Crippen LogP contribution is -2.36. The van der Waals surface area contributed by atoms with Gasteiger partial charge in [0.05, 0.1) is 12.2 Å². The highest BCUT2D eigenvalue weighted by Crippen LogP contribution is 2.16. The number of aromatic nitrogens is 1. The van der Waals surface area contributed by atoms with Crippen molar-refractivity contribution in [3.8, 4) is 0 Å². The SMILES string of the molecule is CN=C(NCc1nc(C)c(C)o1)NCc1ccc(F)cc1CSC.I. The quantitative estimate of drug-likeness (QED) is 0.376. The number of nitrogens with zero attached hydrogens (tertiary/aromatic N) is 2. The molecule has 0 spiro atoms. The molecule has 0 saturated carbocycles. The Morgan fingerprint density at radius 1 is 1.24 bits per heavy atom. The fourth-order valence-electron chi connectivity index (χ4n) is 2.23. The molecule has 8 heteroatoms. The molecule has 0 atom stereocenters. The van der Waals surface area contributed by atoms with Crippen molar-refractivity contribution in [2.75, 3.05) is 13.3 Å². The van der Waals surface area contributed by atoms with Crippen LogP contribution in [0.5, 0.6) is 0 Å². The number of nitrogens with one attached hydrogen (secondary N) is 2. The van der Waals surface area contributed by atoms with E-state index in [-0.39, 0.29) is 29.8 Å². The lowest BCUT2D eigenvalue weighted by atomic mass is 10.1. The van der Waals surface area contributed by atoms with Gasteiger partial charge in [-0.3, -0.25) is 4.99 Å². The van der Waals surface area contributed by atoms with Gasteiger partial charge in [-0.2, -0.15) is 11.8 Å². The Balaban J connectivity index is 0.00000312. The zero-order valence-corrected chi connectivity index (χ0v) is 18.0. The van der Waals surface area contributed by atoms with Crippen LogP contribution in [0.3, 0.4) is 0 Å². The molecular formula is C17H24FIN4OS. The predicted molar refractivity (Wildman–Crippen MR) is 112 cm³/mol. The van der Waals surface area contributed by atoms with Crippen molar-refractivity contribution >= 4 is 41.7 Å². The van der Waals surface area contributed by atoms with Gasteiger partial charge < -0.3 is 15.1 Å². The molecule has 0 aliphatic rings. The van der Waals surface area contributed by atoms with Gasteiger partial charge >= 0.3 is 0 Å². The normalized spacial score (nSPS) is 11.2. The Morgan fingerprint density at radius 3 is 2.56 bits per heavy atom. The van der Waals surface area contributed by atoms with Gasteiger partial charge in [0.1, 0.15) is 11.6 Å². The summed E-state index contributed by atoms with van der Waals surface area (Å²) in [5.74, 6) is 2.65. The summed E-state index contributed by atoms with van der Waals surface area (Å²) < 4.78 is 18.9. The highest BCUT2D eigenvalue weighted by atomic mass is 127. The van der Waals surface area contributed by atoms with Crippen molar-refractivity contribution in [3.05, 3.63) is 52.5 Å². The number of benzene rings is 1. The van der Waals surface area contributed by atoms with Gasteiger partial charge in [0.25, 0.3) is 0 Å². The molecule has 1 aromatic heterocycles. The van der Waals surface area contributed by atoms with Gasteiger partial charge in [-0.05, 0) is 43.4 Å². The minimum Gasteiger partial charge on any atom is -0.444 e. The number of guanidine groups is 1. The first-order valence-electron chi connectivity index (χ1n) is 7.67. The minimum atomic E-state index is -0.208. The zero-order valence-electron chi connectivity index (χ0n) is 14.9. The van der Waals surface area contributed by atoms with E-state index in [2.05, 4.69) is 20.6 Å². The summed E-state index contributed by atoms with van der Waals surface area (Å²) in [6, 6.07) is 4.87. The van der Waals surface area contributed by atoms with Crippen LogP contribution in [-0.4, -0.2) is 24.2 Å². The predicted octanol–water partition coefficient (Wildman–Crippen LogP) is 3.78. The van der Waals surface area contributed by atoms with Crippen LogP contribution in [0.25, 0.3) is 0 Å². The topological polar surface area (TPSA) is 62.5 Å². The second-order valence-electron chi connectivity index (χ2n) is 5.37. The molecule has 0 aliphatic carbocycles. The van der Waals surface area contributed by atoms with E-state index in [4.69, 9.17) is 4.42 Å². The zero-order chi connectivity index (χ0) is 17.5. The van der Waals surface area contributed by atoms with Crippen LogP contribution in [0.2, 0.25) is 0 Å². The Bertz CT molecular complexity index is 701. The van der Waals surface area contributed by atoms with Crippen molar-refractivity contribution in [2.24, 2.45) is 4.99 Å². The molecule has 5 nitrogen and oxygen atoms in total. The molecule has 1 aromatic carbocycles. The first-order valence-corrected chi connectivity index (χ1v) is 9.06. The van der Waals surface area contributed by atoms with Crippen LogP contribution in [0.4, 0.5) is 4.39 Å². The first-order chi connectivity index (χ1) is 11.5. The summed E-state index contributed by atoms with van der Waals surface area (Å²) in [6.07, 6.45) is 2.00. The monoisotopic (exact) mass is 478 g/mol. The van der Waals surface area contributed by atoms with Crippen LogP contribution >= 0.6 is 35.7 Å². The second kappa shape index (κ2) is 10.6. The largest absolute Gasteiger partial charge is 0.444 e. The van der Waals surface area contributed by atoms with E-state index in [9.17, 15) is 4.39 Å². The summed E-state index contributed by atoms with van der Waals surface area (Å²) in [4.78, 5) is 8.51. The summed E-state index contributed by atoms with van der Waals surface area (Å²) in [6.45, 7) is 4.83. The van der Waals surface area contributed by atoms with E-state index in [1.807, 2.05) is 26.2 Å². The maximum atomic E-state index is 13.4. The lowest BCUT2D eigenvalue weighted by molar-refractivity contribution is 0.463. The summed E-state index contributed by atoms with van der Waals surface area (Å²) >= 11 is 1.67. The summed E-state index contributed by atoms with van der Waals surface area (Å²) in [5.41, 5.74) is 2.93. The van der Waals surface area contributed by atoms with E-state index < -0.39 is 0 Å². The van der Waals surface area contributed by atoms with Crippen molar-refractivity contribution in [3.63, 3.8) is 0 Å². The fraction of sp³-hybridized carbons (Fsp3) is 0.412. The Morgan fingerprint density at radius 2 is 1.96 bits per heavy atom. The third-order valence-corrected chi connectivity index (χ3v) is 4.22. The van der Waals surface area contributed by atoms with E-state index in [1.165, 1.54) is 6.07 Å². The van der Waals surface area contributed by atoms with Gasteiger partial charge in [0.15, 0.2) is 5.96 Å². The number of halogens is 2. The maximum Gasteiger partial charge on any atom is 0.214 e. The van der Waals surface area contributed by atoms with Gasteiger partial charge in [0, 0.05) is 19.3 Å². The van der Waals surface area contributed by atoms with Crippen molar-refractivity contribution < 1.29 is 8.81 Å². The molecule has 0 saturated heterocycles. The van der Waals surface area contributed by atoms with Crippen molar-refractivity contribution in [1.29, 1.82) is 0 Å². The average Bonchev–Trinajstić information content (AvgIpc) is 2.88. The fourth-order valence-corrected chi connectivity index (χ4v) is 2.81. The molecule has 0 aliphatic heterocycles. The molecule has 2 aromatic rings. The molecule has 0 bridgehead atoms. The molecule has 138 valence electrons. The van der Waals surface area contributed by atoms with Crippen LogP contribution in [0, 0.1) is 19.7 Å². The van der Waals surface area contributed by atoms with Crippen LogP contribution < -0.4 is 10.6 Å². The van der Waals surface area contributed by atoms with E-state index >= 15 is 0 Å². The van der Waals surface area contributed by atoms with Gasteiger partial charge in [-0.15, -0.1) is 24.0 Å². The van der Waals surface area contributed by atoms with Gasteiger partial charge in [-0.25, -0.2) is 9.37 Å². The Kier molecular flexibility index (Phi) is 9.26. The highest BCUT2D eigenvalue weighted by molar-refractivity contribution is 14.0. The summed E-state index contributed by atoms with van der Waals surface area (Å²) in [5, 5.41) is 6.40. The highest BCUT2D eigenvalue weighted by Gasteiger charge is 2.08. The van der Waals surface area contributed by atoms with Gasteiger partial charge in [0.2, 0.25) is 5.89 Å². The average molecular weight is 478 g/mol. The molecule has 25 heavy (non-hydrogen) atoms. The number of aryl methyl sites for hydroxylation is 2. The molecule has 0 amide bonds. The van der Waals surface area contributed by atoms with Crippen molar-refractivity contribution in [1.82, 2.24) is 15.6 Å². The molecule has 2 rings (SSSR count). The Labute approximate surface area is 169 Å². The number of rotatable bonds is 6. The molecular weight excluding hydrogens is 454 g/mol. The van der Waals surface area contributed by atoms with E-state index in [0.717, 1.165) is 28.3 Å². The Hall–Kier alpha value is -1.29. The van der Waals surface area contributed by atoms with E-state index in [0.29, 0.717) is 24.9 Å². The number of aliphatic imine (C=N–C) groups is 1. The summed E-state index contributed by atoms with van der Waals surface area (Å²) in [7, 11) is 1.70. The third kappa shape index (κ3) is 6.50. The molecule has 0 unspecified atom stereocenters. The van der Waals surface area contributed by atoms with Crippen molar-refractivity contribution in [2.45, 2.75) is 32.7 Å². The third-order valence-electron chi connectivity index (χ3n) is 3.62. The standard InChI is InChI=1S/C17H23FN4OS.HI/c1-11-12(2)23-16(22-11)9-21-17(19-3)20-8-13-5-6-15(18)7-14(13)10-24-4;/h5-7H,8-10H2,1-4H3,(H2,19,20,21);1H. The lowest BCUT2D eigenvalue weighted by Gasteiger charge is -2.13. The van der Waals surface area contributed by atoms with Crippen LogP contribution in [0.15, 0.2) is 27.6 Å².